The second-order valence-electron chi connectivity index (χ2n) is 4.65. The molecular weight excluding hydrogens is 252 g/mol. The van der Waals surface area contributed by atoms with Crippen LogP contribution in [0.5, 0.6) is 0 Å². The zero-order valence-corrected chi connectivity index (χ0v) is 11.3. The van der Waals surface area contributed by atoms with E-state index < -0.39 is 0 Å². The summed E-state index contributed by atoms with van der Waals surface area (Å²) in [6.07, 6.45) is 0. The number of H-pyrrole nitrogens is 1. The highest BCUT2D eigenvalue weighted by atomic mass is 16.1. The Bertz CT molecular complexity index is 785. The molecule has 0 radical (unpaired) electrons. The van der Waals surface area contributed by atoms with E-state index in [4.69, 9.17) is 0 Å². The van der Waals surface area contributed by atoms with Gasteiger partial charge in [-0.3, -0.25) is 9.89 Å². The van der Waals surface area contributed by atoms with Crippen LogP contribution in [-0.4, -0.2) is 20.0 Å². The van der Waals surface area contributed by atoms with E-state index in [1.54, 1.807) is 13.0 Å². The van der Waals surface area contributed by atoms with Crippen molar-refractivity contribution in [2.45, 2.75) is 13.8 Å². The average Bonchev–Trinajstić information content (AvgIpc) is 2.77. The highest BCUT2D eigenvalue weighted by Gasteiger charge is 2.13. The standard InChI is InChI=1S/C15H14N4O/c1-10-8-9-13(17-16-10)19-15(20)11(2)14(18-19)12-6-4-3-5-7-12/h3-9,18H,1-2H3. The van der Waals surface area contributed by atoms with Gasteiger partial charge in [0.2, 0.25) is 0 Å². The first-order valence-electron chi connectivity index (χ1n) is 6.34. The lowest BCUT2D eigenvalue weighted by molar-refractivity contribution is 0.786. The second-order valence-corrected chi connectivity index (χ2v) is 4.65. The van der Waals surface area contributed by atoms with Crippen molar-refractivity contribution in [2.75, 3.05) is 0 Å². The van der Waals surface area contributed by atoms with Gasteiger partial charge in [-0.15, -0.1) is 5.10 Å². The molecule has 0 spiro atoms. The van der Waals surface area contributed by atoms with Crippen LogP contribution in [0.2, 0.25) is 0 Å². The van der Waals surface area contributed by atoms with E-state index in [2.05, 4.69) is 15.3 Å². The van der Waals surface area contributed by atoms with Gasteiger partial charge in [0.05, 0.1) is 11.4 Å². The maximum Gasteiger partial charge on any atom is 0.276 e. The lowest BCUT2D eigenvalue weighted by Gasteiger charge is -2.01. The summed E-state index contributed by atoms with van der Waals surface area (Å²) < 4.78 is 1.42. The maximum atomic E-state index is 12.3. The molecule has 100 valence electrons. The molecule has 3 rings (SSSR count). The fraction of sp³-hybridized carbons (Fsp3) is 0.133. The molecule has 2 heterocycles. The normalized spacial score (nSPS) is 10.7. The van der Waals surface area contributed by atoms with Crippen LogP contribution in [0.15, 0.2) is 47.3 Å². The van der Waals surface area contributed by atoms with E-state index >= 15 is 0 Å². The summed E-state index contributed by atoms with van der Waals surface area (Å²) in [4.78, 5) is 12.3. The van der Waals surface area contributed by atoms with Gasteiger partial charge in [-0.25, -0.2) is 0 Å². The van der Waals surface area contributed by atoms with Gasteiger partial charge in [0.1, 0.15) is 0 Å². The molecule has 3 aromatic rings. The predicted molar refractivity (Wildman–Crippen MR) is 76.9 cm³/mol. The Morgan fingerprint density at radius 3 is 2.40 bits per heavy atom. The molecule has 5 nitrogen and oxygen atoms in total. The predicted octanol–water partition coefficient (Wildman–Crippen LogP) is 2.24. The van der Waals surface area contributed by atoms with Gasteiger partial charge < -0.3 is 0 Å². The fourth-order valence-corrected chi connectivity index (χ4v) is 2.08. The van der Waals surface area contributed by atoms with E-state index in [1.807, 2.05) is 43.3 Å². The first-order chi connectivity index (χ1) is 9.66. The van der Waals surface area contributed by atoms with Crippen molar-refractivity contribution in [2.24, 2.45) is 0 Å². The van der Waals surface area contributed by atoms with Crippen molar-refractivity contribution in [3.05, 3.63) is 64.1 Å². The minimum Gasteiger partial charge on any atom is -0.289 e. The van der Waals surface area contributed by atoms with Gasteiger partial charge >= 0.3 is 0 Å². The Hall–Kier alpha value is -2.69. The molecule has 0 aliphatic heterocycles. The number of hydrogen-bond donors (Lipinski definition) is 1. The van der Waals surface area contributed by atoms with Gasteiger partial charge in [-0.2, -0.15) is 9.78 Å². The number of aromatic amines is 1. The molecule has 0 aliphatic rings. The molecule has 0 fully saturated rings. The van der Waals surface area contributed by atoms with Crippen LogP contribution in [0.25, 0.3) is 17.1 Å². The number of nitrogens with zero attached hydrogens (tertiary/aromatic N) is 3. The smallest absolute Gasteiger partial charge is 0.276 e. The Balaban J connectivity index is 2.16. The third kappa shape index (κ3) is 2.03. The highest BCUT2D eigenvalue weighted by molar-refractivity contribution is 5.62. The first-order valence-corrected chi connectivity index (χ1v) is 6.34. The average molecular weight is 266 g/mol. The fourth-order valence-electron chi connectivity index (χ4n) is 2.08. The number of hydrogen-bond acceptors (Lipinski definition) is 3. The topological polar surface area (TPSA) is 63.6 Å². The van der Waals surface area contributed by atoms with Crippen LogP contribution in [-0.2, 0) is 0 Å². The Morgan fingerprint density at radius 1 is 1.00 bits per heavy atom. The minimum atomic E-state index is -0.109. The highest BCUT2D eigenvalue weighted by Crippen LogP contribution is 2.19. The number of benzene rings is 1. The van der Waals surface area contributed by atoms with Gasteiger partial charge in [-0.1, -0.05) is 30.3 Å². The van der Waals surface area contributed by atoms with Crippen molar-refractivity contribution in [1.29, 1.82) is 0 Å². The number of rotatable bonds is 2. The molecule has 0 atom stereocenters. The van der Waals surface area contributed by atoms with Crippen molar-refractivity contribution in [1.82, 2.24) is 20.0 Å². The Labute approximate surface area is 115 Å². The number of nitrogens with one attached hydrogen (secondary N) is 1. The molecule has 20 heavy (non-hydrogen) atoms. The molecule has 5 heteroatoms. The van der Waals surface area contributed by atoms with Crippen LogP contribution >= 0.6 is 0 Å². The Kier molecular flexibility index (Phi) is 2.95. The maximum absolute atomic E-state index is 12.3. The van der Waals surface area contributed by atoms with Gasteiger partial charge in [0.15, 0.2) is 5.82 Å². The monoisotopic (exact) mass is 266 g/mol. The van der Waals surface area contributed by atoms with Crippen molar-refractivity contribution >= 4 is 0 Å². The molecule has 0 amide bonds. The quantitative estimate of drug-likeness (QED) is 0.773. The zero-order chi connectivity index (χ0) is 14.1. The van der Waals surface area contributed by atoms with Gasteiger partial charge in [-0.05, 0) is 31.5 Å². The summed E-state index contributed by atoms with van der Waals surface area (Å²) >= 11 is 0. The molecule has 1 aromatic carbocycles. The molecule has 0 unspecified atom stereocenters. The number of aromatic nitrogens is 4. The third-order valence-electron chi connectivity index (χ3n) is 3.20. The summed E-state index contributed by atoms with van der Waals surface area (Å²) in [5, 5.41) is 11.1. The van der Waals surface area contributed by atoms with Gasteiger partial charge in [0.25, 0.3) is 5.56 Å². The largest absolute Gasteiger partial charge is 0.289 e. The summed E-state index contributed by atoms with van der Waals surface area (Å²) in [6.45, 7) is 3.66. The molecule has 0 aliphatic carbocycles. The molecule has 2 aromatic heterocycles. The molecule has 0 saturated heterocycles. The SMILES string of the molecule is Cc1ccc(-n2[nH]c(-c3ccccc3)c(C)c2=O)nn1. The van der Waals surface area contributed by atoms with Crippen molar-refractivity contribution < 1.29 is 0 Å². The van der Waals surface area contributed by atoms with E-state index in [9.17, 15) is 4.79 Å². The Morgan fingerprint density at radius 2 is 1.75 bits per heavy atom. The summed E-state index contributed by atoms with van der Waals surface area (Å²) in [5.41, 5.74) is 3.15. The number of aryl methyl sites for hydroxylation is 1. The van der Waals surface area contributed by atoms with Crippen LogP contribution in [0.3, 0.4) is 0 Å². The second kappa shape index (κ2) is 4.77. The lowest BCUT2D eigenvalue weighted by atomic mass is 10.1. The van der Waals surface area contributed by atoms with Crippen LogP contribution in [0, 0.1) is 13.8 Å². The van der Waals surface area contributed by atoms with Crippen LogP contribution in [0.1, 0.15) is 11.3 Å². The summed E-state index contributed by atoms with van der Waals surface area (Å²) in [6, 6.07) is 13.3. The van der Waals surface area contributed by atoms with Crippen LogP contribution < -0.4 is 5.56 Å². The molecular formula is C15H14N4O. The molecule has 0 saturated carbocycles. The van der Waals surface area contributed by atoms with E-state index in [-0.39, 0.29) is 5.56 Å². The first kappa shape index (κ1) is 12.3. The van der Waals surface area contributed by atoms with Gasteiger partial charge in [0, 0.05) is 5.56 Å². The van der Waals surface area contributed by atoms with E-state index in [0.717, 1.165) is 17.0 Å². The molecule has 0 bridgehead atoms. The summed E-state index contributed by atoms with van der Waals surface area (Å²) in [5.74, 6) is 0.492. The minimum absolute atomic E-state index is 0.109. The molecule has 1 N–H and O–H groups in total. The van der Waals surface area contributed by atoms with Crippen molar-refractivity contribution in [3.8, 4) is 17.1 Å². The summed E-state index contributed by atoms with van der Waals surface area (Å²) in [7, 11) is 0. The zero-order valence-electron chi connectivity index (χ0n) is 11.3. The third-order valence-corrected chi connectivity index (χ3v) is 3.20. The lowest BCUT2D eigenvalue weighted by Crippen LogP contribution is -2.17. The van der Waals surface area contributed by atoms with Crippen LogP contribution in [0.4, 0.5) is 0 Å². The van der Waals surface area contributed by atoms with Crippen molar-refractivity contribution in [3.63, 3.8) is 0 Å². The van der Waals surface area contributed by atoms with E-state index in [1.165, 1.54) is 4.68 Å². The van der Waals surface area contributed by atoms with E-state index in [0.29, 0.717) is 11.4 Å².